The van der Waals surface area contributed by atoms with Crippen LogP contribution in [-0.4, -0.2) is 90.5 Å². The van der Waals surface area contributed by atoms with Gasteiger partial charge in [-0.15, -0.1) is 0 Å². The molecule has 7 aliphatic carbocycles. The van der Waals surface area contributed by atoms with Crippen LogP contribution in [0, 0.1) is 46.8 Å². The van der Waals surface area contributed by atoms with Crippen LogP contribution < -0.4 is 31.8 Å². The highest BCUT2D eigenvalue weighted by molar-refractivity contribution is 5.93. The lowest BCUT2D eigenvalue weighted by atomic mass is 9.54. The number of aliphatic hydroxyl groups is 5. The van der Waals surface area contributed by atoms with E-state index in [4.69, 9.17) is 19.6 Å². The maximum atomic E-state index is 16.4. The van der Waals surface area contributed by atoms with E-state index in [0.717, 1.165) is 70.2 Å². The molecule has 16 nitrogen and oxygen atoms in total. The molecule has 4 aromatic rings. The molecule has 0 saturated heterocycles. The molecule has 1 unspecified atom stereocenters. The monoisotopic (exact) mass is 1310 g/mol. The number of dihydropyridines is 2. The van der Waals surface area contributed by atoms with Crippen molar-refractivity contribution in [2.45, 2.75) is 228 Å². The minimum absolute atomic E-state index is 0.00912. The first-order chi connectivity index (χ1) is 46.3. The Balaban J connectivity index is 0.854. The molecule has 510 valence electrons. The van der Waals surface area contributed by atoms with Gasteiger partial charge in [0.15, 0.2) is 5.43 Å². The number of aliphatic hydroxyl groups excluding tert-OH is 4. The standard InChI is InChI=1S/C80H98N4O12/c1-5-61(80(93)36-46-29-48(80)28-44-27-45(71(90)57-15-11-14-53(46)65(44)57)30-50(88)26-40(2)42-12-7-6-8-13-42)77(92)95-64-34-59-72(91)68-63(89)33-51(38-85)94-74(68)69-66-56-22-25-82-75(81)67(56)70(79(23-9-10-24-79)35-43-17-18-49(87)32-58(43)60(66)39-86)55-21-20-52-47(31-62(55)78(64,4)96-73(59)69)37-83-76-54(52)19-16-41(3)84-76/h5,11,14-19,22,32-33,37,40-42,44-46,48,50,55,60,62,64,66,70-71,76,82-88,90-91,93H,6-10,12-13,20-21,23-31,34-36,38-39,81H2,1-4H3/b61-5+/t40-,41+,44+,45-,46-,48+,50+,55+,60+,62+,64+,66-,70+,71-,76?,78-,80-/m0/s1. The molecule has 0 radical (unpaired) electrons. The number of benzene rings is 3. The number of phenols is 2. The van der Waals surface area contributed by atoms with Crippen molar-refractivity contribution in [2.75, 3.05) is 13.2 Å². The van der Waals surface area contributed by atoms with Gasteiger partial charge in [0.25, 0.3) is 0 Å². The van der Waals surface area contributed by atoms with E-state index in [1.807, 2.05) is 12.1 Å². The molecule has 4 saturated carbocycles. The number of carbonyl (C=O) groups excluding carboxylic acids is 1. The van der Waals surface area contributed by atoms with Gasteiger partial charge in [-0.1, -0.05) is 100 Å². The summed E-state index contributed by atoms with van der Waals surface area (Å²) < 4.78 is 22.2. The Labute approximate surface area is 562 Å². The van der Waals surface area contributed by atoms with Gasteiger partial charge in [-0.2, -0.15) is 0 Å². The number of aromatic hydroxyl groups is 2. The van der Waals surface area contributed by atoms with Crippen LogP contribution in [0.3, 0.4) is 0 Å². The maximum Gasteiger partial charge on any atom is 0.337 e. The van der Waals surface area contributed by atoms with Crippen molar-refractivity contribution in [1.29, 1.82) is 0 Å². The van der Waals surface area contributed by atoms with E-state index < -0.39 is 83.0 Å². The second-order valence-corrected chi connectivity index (χ2v) is 31.8. The summed E-state index contributed by atoms with van der Waals surface area (Å²) in [5.74, 6) is -2.78. The molecule has 1 aromatic heterocycles. The average Bonchev–Trinajstić information content (AvgIpc) is 1.12. The van der Waals surface area contributed by atoms with Gasteiger partial charge >= 0.3 is 5.97 Å². The molecule has 6 heterocycles. The number of nitrogens with two attached hydrogens (primary N) is 1. The van der Waals surface area contributed by atoms with E-state index in [1.54, 1.807) is 25.1 Å². The highest BCUT2D eigenvalue weighted by atomic mass is 16.6. The number of allylic oxidation sites excluding steroid dienone is 5. The SMILES string of the molecule is C/C=C(\C(=O)O[C@@H]1Cc2c3c(c4oc(CO)cc(=O)c4c2O)[C@H]2C4=CCNC(N)=C4[C@@H]([C@@H]4CCC5=C6C=C[C@@H](C)NC6NC=C5C[C@H]4[C@]1(C)O3)C1(CCCC1)Cc1ccc(O)cc1[C@H]2CO)[C@]1(O)C[C@@H]2C[C@H]1C[C@H]1C[C@@H](C[C@H](O)C[C@H](C)C3CCCCC3)[C@H](O)c3cccc2c31. The summed E-state index contributed by atoms with van der Waals surface area (Å²) in [4.78, 5) is 31.3. The van der Waals surface area contributed by atoms with E-state index in [1.165, 1.54) is 49.3 Å². The first-order valence-electron chi connectivity index (χ1n) is 36.6. The summed E-state index contributed by atoms with van der Waals surface area (Å²) in [7, 11) is 0. The van der Waals surface area contributed by atoms with Crippen molar-refractivity contribution in [3.05, 3.63) is 167 Å². The van der Waals surface area contributed by atoms with Crippen molar-refractivity contribution in [1.82, 2.24) is 16.0 Å². The van der Waals surface area contributed by atoms with Crippen LogP contribution in [0.25, 0.3) is 11.0 Å². The molecular formula is C80H98N4O12. The van der Waals surface area contributed by atoms with Crippen molar-refractivity contribution in [3.63, 3.8) is 0 Å². The molecule has 6 bridgehead atoms. The third-order valence-electron chi connectivity index (χ3n) is 26.9. The van der Waals surface area contributed by atoms with E-state index in [2.05, 4.69) is 73.3 Å². The Hall–Kier alpha value is -6.66. The van der Waals surface area contributed by atoms with Gasteiger partial charge in [0, 0.05) is 60.2 Å². The minimum Gasteiger partial charge on any atom is -0.508 e. The van der Waals surface area contributed by atoms with E-state index in [9.17, 15) is 40.5 Å². The number of esters is 1. The Bertz CT molecular complexity index is 4070. The normalized spacial score (nSPS) is 34.7. The van der Waals surface area contributed by atoms with Crippen LogP contribution in [0.15, 0.2) is 121 Å². The first kappa shape index (κ1) is 64.0. The summed E-state index contributed by atoms with van der Waals surface area (Å²) in [6, 6.07) is 13.1. The fourth-order valence-electron chi connectivity index (χ4n) is 22.5. The topological polar surface area (TPSA) is 269 Å². The van der Waals surface area contributed by atoms with Gasteiger partial charge in [0.1, 0.15) is 64.3 Å². The van der Waals surface area contributed by atoms with Crippen LogP contribution in [0.1, 0.15) is 218 Å². The van der Waals surface area contributed by atoms with Gasteiger partial charge in [0.2, 0.25) is 0 Å². The molecule has 0 amide bonds. The molecule has 1 spiro atoms. The molecule has 16 heteroatoms. The van der Waals surface area contributed by atoms with Crippen molar-refractivity contribution >= 4 is 16.9 Å². The number of hydrogen-bond acceptors (Lipinski definition) is 16. The molecule has 5 aliphatic heterocycles. The van der Waals surface area contributed by atoms with E-state index in [-0.39, 0.29) is 99.9 Å². The van der Waals surface area contributed by atoms with Gasteiger partial charge < -0.3 is 66.0 Å². The molecule has 96 heavy (non-hydrogen) atoms. The average molecular weight is 1310 g/mol. The van der Waals surface area contributed by atoms with Crippen molar-refractivity contribution in [2.24, 2.45) is 52.6 Å². The Morgan fingerprint density at radius 3 is 2.53 bits per heavy atom. The lowest BCUT2D eigenvalue weighted by Crippen LogP contribution is -2.60. The summed E-state index contributed by atoms with van der Waals surface area (Å²) >= 11 is 0. The smallest absolute Gasteiger partial charge is 0.337 e. The van der Waals surface area contributed by atoms with Gasteiger partial charge in [-0.3, -0.25) is 10.1 Å². The van der Waals surface area contributed by atoms with Crippen molar-refractivity contribution < 1.29 is 54.4 Å². The summed E-state index contributed by atoms with van der Waals surface area (Å²) in [6.45, 7) is 7.58. The maximum absolute atomic E-state index is 16.4. The van der Waals surface area contributed by atoms with Crippen LogP contribution >= 0.6 is 0 Å². The zero-order valence-electron chi connectivity index (χ0n) is 56.2. The molecule has 12 N–H and O–H groups in total. The predicted octanol–water partition coefficient (Wildman–Crippen LogP) is 11.5. The highest BCUT2D eigenvalue weighted by Gasteiger charge is 2.63. The van der Waals surface area contributed by atoms with Gasteiger partial charge in [-0.05, 0) is 218 Å². The number of carbonyl (C=O) groups is 1. The zero-order chi connectivity index (χ0) is 66.4. The van der Waals surface area contributed by atoms with E-state index in [0.29, 0.717) is 87.6 Å². The highest BCUT2D eigenvalue weighted by Crippen LogP contribution is 2.67. The number of fused-ring (bicyclic) bond motifs is 14. The van der Waals surface area contributed by atoms with Crippen LogP contribution in [0.2, 0.25) is 0 Å². The number of phenolic OH excluding ortho intramolecular Hbond substituents is 2. The van der Waals surface area contributed by atoms with Crippen molar-refractivity contribution in [3.8, 4) is 17.2 Å². The Morgan fingerprint density at radius 2 is 1.75 bits per heavy atom. The van der Waals surface area contributed by atoms with E-state index >= 15 is 4.79 Å². The van der Waals surface area contributed by atoms with Crippen LogP contribution in [-0.2, 0) is 29.0 Å². The lowest BCUT2D eigenvalue weighted by molar-refractivity contribution is -0.173. The second kappa shape index (κ2) is 24.4. The fraction of sp³-hybridized carbons (Fsp3) is 0.575. The largest absolute Gasteiger partial charge is 0.508 e. The summed E-state index contributed by atoms with van der Waals surface area (Å²) in [5, 5.41) is 96.9. The zero-order valence-corrected chi connectivity index (χ0v) is 56.2. The fourth-order valence-corrected chi connectivity index (χ4v) is 22.5. The lowest BCUT2D eigenvalue weighted by Gasteiger charge is -2.55. The number of nitrogens with one attached hydrogen (secondary N) is 3. The molecule has 3 aromatic carbocycles. The molecular weight excluding hydrogens is 1210 g/mol. The Morgan fingerprint density at radius 1 is 0.958 bits per heavy atom. The third kappa shape index (κ3) is 10.1. The van der Waals surface area contributed by atoms with Crippen LogP contribution in [0.4, 0.5) is 0 Å². The summed E-state index contributed by atoms with van der Waals surface area (Å²) in [6.07, 6.45) is 23.4. The molecule has 16 rings (SSSR count). The van der Waals surface area contributed by atoms with Gasteiger partial charge in [0.05, 0.1) is 30.0 Å². The number of rotatable bonds is 10. The minimum atomic E-state index is -1.63. The molecule has 12 aliphatic rings. The second-order valence-electron chi connectivity index (χ2n) is 31.8. The molecule has 17 atom stereocenters. The predicted molar refractivity (Wildman–Crippen MR) is 365 cm³/mol. The number of ether oxygens (including phenoxy) is 2. The Kier molecular flexibility index (Phi) is 16.2. The van der Waals surface area contributed by atoms with Gasteiger partial charge in [-0.25, -0.2) is 4.79 Å². The van der Waals surface area contributed by atoms with Crippen LogP contribution in [0.5, 0.6) is 17.2 Å². The third-order valence-corrected chi connectivity index (χ3v) is 26.9. The first-order valence-corrected chi connectivity index (χ1v) is 36.6. The molecule has 4 fully saturated rings. The quantitative estimate of drug-likeness (QED) is 0.0520. The number of hydrogen-bond donors (Lipinski definition) is 11. The summed E-state index contributed by atoms with van der Waals surface area (Å²) in [5.41, 5.74) is 14.5.